The lowest BCUT2D eigenvalue weighted by Gasteiger charge is -2.06. The highest BCUT2D eigenvalue weighted by molar-refractivity contribution is 9.10. The molecule has 0 fully saturated rings. The van der Waals surface area contributed by atoms with Crippen LogP contribution in [0.25, 0.3) is 10.2 Å². The van der Waals surface area contributed by atoms with Crippen LogP contribution in [-0.2, 0) is 16.1 Å². The summed E-state index contributed by atoms with van der Waals surface area (Å²) in [6.45, 7) is 2.02. The number of para-hydroxylation sites is 1. The van der Waals surface area contributed by atoms with E-state index in [0.717, 1.165) is 14.7 Å². The van der Waals surface area contributed by atoms with E-state index in [-0.39, 0.29) is 19.1 Å². The largest absolute Gasteiger partial charge is 0.465 e. The van der Waals surface area contributed by atoms with Crippen molar-refractivity contribution in [1.29, 1.82) is 0 Å². The molecular weight excluding hydrogens is 492 g/mol. The van der Waals surface area contributed by atoms with Crippen LogP contribution >= 0.6 is 27.3 Å². The van der Waals surface area contributed by atoms with Gasteiger partial charge in [0.05, 0.1) is 16.8 Å². The van der Waals surface area contributed by atoms with Crippen LogP contribution in [-0.4, -0.2) is 23.1 Å². The molecule has 0 unspecified atom stereocenters. The predicted molar refractivity (Wildman–Crippen MR) is 127 cm³/mol. The molecule has 0 saturated heterocycles. The SMILES string of the molecule is CCOC(=O)Cn1c(=NC(=O)c2ccc(Oc3ccccc3)cc2)sc2cc(Br)ccc21. The van der Waals surface area contributed by atoms with Crippen molar-refractivity contribution in [1.82, 2.24) is 4.57 Å². The van der Waals surface area contributed by atoms with Gasteiger partial charge in [-0.15, -0.1) is 0 Å². The molecule has 0 N–H and O–H groups in total. The van der Waals surface area contributed by atoms with Gasteiger partial charge in [-0.25, -0.2) is 0 Å². The lowest BCUT2D eigenvalue weighted by atomic mass is 10.2. The fraction of sp³-hybridized carbons (Fsp3) is 0.125. The molecule has 6 nitrogen and oxygen atoms in total. The third-order valence-corrected chi connectivity index (χ3v) is 6.05. The minimum absolute atomic E-state index is 0.0224. The Balaban J connectivity index is 1.64. The Kier molecular flexibility index (Phi) is 6.82. The summed E-state index contributed by atoms with van der Waals surface area (Å²) in [5.74, 6) is 0.551. The molecule has 4 aromatic rings. The molecule has 0 bridgehead atoms. The molecule has 3 aromatic carbocycles. The van der Waals surface area contributed by atoms with Crippen molar-refractivity contribution in [3.8, 4) is 11.5 Å². The molecule has 1 amide bonds. The number of hydrogen-bond donors (Lipinski definition) is 0. The van der Waals surface area contributed by atoms with Crippen LogP contribution in [0.15, 0.2) is 82.3 Å². The molecule has 0 aliphatic carbocycles. The minimum Gasteiger partial charge on any atom is -0.465 e. The summed E-state index contributed by atoms with van der Waals surface area (Å²) in [4.78, 5) is 29.7. The van der Waals surface area contributed by atoms with Crippen LogP contribution in [0.5, 0.6) is 11.5 Å². The fourth-order valence-corrected chi connectivity index (χ4v) is 4.64. The Hall–Kier alpha value is -3.23. The van der Waals surface area contributed by atoms with Gasteiger partial charge in [-0.2, -0.15) is 4.99 Å². The Bertz CT molecular complexity index is 1330. The number of carbonyl (C=O) groups is 2. The average molecular weight is 511 g/mol. The molecule has 1 heterocycles. The zero-order valence-corrected chi connectivity index (χ0v) is 19.6. The summed E-state index contributed by atoms with van der Waals surface area (Å²) in [5, 5.41) is 0. The van der Waals surface area contributed by atoms with Crippen molar-refractivity contribution in [2.45, 2.75) is 13.5 Å². The van der Waals surface area contributed by atoms with E-state index in [2.05, 4.69) is 20.9 Å². The van der Waals surface area contributed by atoms with E-state index in [4.69, 9.17) is 9.47 Å². The molecule has 0 saturated carbocycles. The van der Waals surface area contributed by atoms with Gasteiger partial charge in [0, 0.05) is 10.0 Å². The van der Waals surface area contributed by atoms with Crippen LogP contribution in [0, 0.1) is 0 Å². The number of carbonyl (C=O) groups excluding carboxylic acids is 2. The summed E-state index contributed by atoms with van der Waals surface area (Å²) in [5.41, 5.74) is 1.23. The fourth-order valence-electron chi connectivity index (χ4n) is 3.06. The molecule has 0 aliphatic rings. The number of nitrogens with zero attached hydrogens (tertiary/aromatic N) is 2. The molecule has 0 spiro atoms. The number of halogens is 1. The second-order valence-electron chi connectivity index (χ2n) is 6.74. The van der Waals surface area contributed by atoms with Crippen molar-refractivity contribution >= 4 is 49.4 Å². The van der Waals surface area contributed by atoms with Crippen molar-refractivity contribution < 1.29 is 19.1 Å². The first-order valence-corrected chi connectivity index (χ1v) is 11.5. The van der Waals surface area contributed by atoms with E-state index < -0.39 is 5.91 Å². The van der Waals surface area contributed by atoms with Gasteiger partial charge in [0.15, 0.2) is 4.80 Å². The molecule has 8 heteroatoms. The van der Waals surface area contributed by atoms with Crippen LogP contribution < -0.4 is 9.54 Å². The smallest absolute Gasteiger partial charge is 0.326 e. The molecule has 1 aromatic heterocycles. The van der Waals surface area contributed by atoms with Gasteiger partial charge >= 0.3 is 5.97 Å². The summed E-state index contributed by atoms with van der Waals surface area (Å²) in [6, 6.07) is 21.9. The van der Waals surface area contributed by atoms with Crippen molar-refractivity contribution in [3.63, 3.8) is 0 Å². The maximum atomic E-state index is 12.9. The zero-order valence-electron chi connectivity index (χ0n) is 17.2. The molecule has 0 radical (unpaired) electrons. The molecule has 0 aliphatic heterocycles. The van der Waals surface area contributed by atoms with Crippen LogP contribution in [0.4, 0.5) is 0 Å². The lowest BCUT2D eigenvalue weighted by molar-refractivity contribution is -0.143. The quantitative estimate of drug-likeness (QED) is 0.318. The number of esters is 1. The van der Waals surface area contributed by atoms with Gasteiger partial charge in [0.1, 0.15) is 18.0 Å². The third-order valence-electron chi connectivity index (χ3n) is 4.51. The number of benzene rings is 3. The first-order valence-electron chi connectivity index (χ1n) is 9.90. The second-order valence-corrected chi connectivity index (χ2v) is 8.67. The second kappa shape index (κ2) is 9.93. The highest BCUT2D eigenvalue weighted by Crippen LogP contribution is 2.23. The van der Waals surface area contributed by atoms with E-state index >= 15 is 0 Å². The summed E-state index contributed by atoms with van der Waals surface area (Å²) in [7, 11) is 0. The number of fused-ring (bicyclic) bond motifs is 1. The standard InChI is InChI=1S/C24H19BrN2O4S/c1-2-30-22(28)15-27-20-13-10-17(25)14-21(20)32-24(27)26-23(29)16-8-11-19(12-9-16)31-18-6-4-3-5-7-18/h3-14H,2,15H2,1H3. The lowest BCUT2D eigenvalue weighted by Crippen LogP contribution is -2.23. The summed E-state index contributed by atoms with van der Waals surface area (Å²) < 4.78 is 14.4. The molecule has 162 valence electrons. The number of aromatic nitrogens is 1. The van der Waals surface area contributed by atoms with Gasteiger partial charge in [-0.1, -0.05) is 45.5 Å². The Morgan fingerprint density at radius 3 is 2.44 bits per heavy atom. The van der Waals surface area contributed by atoms with Crippen molar-refractivity contribution in [3.05, 3.63) is 87.6 Å². The van der Waals surface area contributed by atoms with Crippen LogP contribution in [0.1, 0.15) is 17.3 Å². The van der Waals surface area contributed by atoms with Crippen molar-refractivity contribution in [2.75, 3.05) is 6.61 Å². The number of rotatable bonds is 6. The number of ether oxygens (including phenoxy) is 2. The zero-order chi connectivity index (χ0) is 22.5. The topological polar surface area (TPSA) is 69.9 Å². The predicted octanol–water partition coefficient (Wildman–Crippen LogP) is 5.56. The maximum absolute atomic E-state index is 12.9. The Labute approximate surface area is 196 Å². The third kappa shape index (κ3) is 5.15. The van der Waals surface area contributed by atoms with E-state index in [1.54, 1.807) is 35.8 Å². The monoisotopic (exact) mass is 510 g/mol. The molecule has 0 atom stereocenters. The van der Waals surface area contributed by atoms with Gasteiger partial charge in [0.25, 0.3) is 5.91 Å². The molecule has 32 heavy (non-hydrogen) atoms. The van der Waals surface area contributed by atoms with E-state index in [1.807, 2.05) is 48.5 Å². The maximum Gasteiger partial charge on any atom is 0.326 e. The Morgan fingerprint density at radius 1 is 1.00 bits per heavy atom. The van der Waals surface area contributed by atoms with Crippen molar-refractivity contribution in [2.24, 2.45) is 4.99 Å². The molecule has 4 rings (SSSR count). The highest BCUT2D eigenvalue weighted by atomic mass is 79.9. The number of amides is 1. The summed E-state index contributed by atoms with van der Waals surface area (Å²) >= 11 is 4.80. The van der Waals surface area contributed by atoms with Crippen LogP contribution in [0.3, 0.4) is 0 Å². The van der Waals surface area contributed by atoms with E-state index in [9.17, 15) is 9.59 Å². The highest BCUT2D eigenvalue weighted by Gasteiger charge is 2.13. The average Bonchev–Trinajstić information content (AvgIpc) is 3.10. The van der Waals surface area contributed by atoms with E-state index in [1.165, 1.54) is 11.3 Å². The first-order chi connectivity index (χ1) is 15.5. The Morgan fingerprint density at radius 2 is 1.72 bits per heavy atom. The number of thiazole rings is 1. The van der Waals surface area contributed by atoms with Gasteiger partial charge in [0.2, 0.25) is 0 Å². The summed E-state index contributed by atoms with van der Waals surface area (Å²) in [6.07, 6.45) is 0. The minimum atomic E-state index is -0.403. The van der Waals surface area contributed by atoms with Gasteiger partial charge in [-0.3, -0.25) is 9.59 Å². The normalized spacial score (nSPS) is 11.5. The number of hydrogen-bond acceptors (Lipinski definition) is 5. The molecular formula is C24H19BrN2O4S. The van der Waals surface area contributed by atoms with Crippen LogP contribution in [0.2, 0.25) is 0 Å². The van der Waals surface area contributed by atoms with Gasteiger partial charge in [-0.05, 0) is 61.5 Å². The van der Waals surface area contributed by atoms with E-state index in [0.29, 0.717) is 21.9 Å². The first kappa shape index (κ1) is 22.0. The van der Waals surface area contributed by atoms with Gasteiger partial charge < -0.3 is 14.0 Å².